The van der Waals surface area contributed by atoms with Crippen molar-refractivity contribution in [3.63, 3.8) is 0 Å². The van der Waals surface area contributed by atoms with Gasteiger partial charge >= 0.3 is 0 Å². The zero-order valence-electron chi connectivity index (χ0n) is 19.9. The summed E-state index contributed by atoms with van der Waals surface area (Å²) in [5, 5.41) is 4.15. The predicted octanol–water partition coefficient (Wildman–Crippen LogP) is 3.21. The molecule has 182 valence electrons. The van der Waals surface area contributed by atoms with E-state index in [2.05, 4.69) is 19.8 Å². The van der Waals surface area contributed by atoms with Crippen molar-refractivity contribution < 1.29 is 18.9 Å². The van der Waals surface area contributed by atoms with Crippen LogP contribution in [0.15, 0.2) is 30.6 Å². The van der Waals surface area contributed by atoms with Gasteiger partial charge in [-0.2, -0.15) is 0 Å². The van der Waals surface area contributed by atoms with Gasteiger partial charge in [-0.05, 0) is 38.0 Å². The molecule has 0 radical (unpaired) electrons. The number of imidazole rings is 1. The lowest BCUT2D eigenvalue weighted by Crippen LogP contribution is -2.44. The van der Waals surface area contributed by atoms with Crippen LogP contribution in [0.1, 0.15) is 37.1 Å². The number of piperidine rings is 1. The van der Waals surface area contributed by atoms with Crippen LogP contribution in [-0.2, 0) is 22.6 Å². The van der Waals surface area contributed by atoms with E-state index in [4.69, 9.17) is 31.2 Å². The van der Waals surface area contributed by atoms with Gasteiger partial charge in [-0.25, -0.2) is 4.98 Å². The van der Waals surface area contributed by atoms with Crippen LogP contribution >= 0.6 is 12.2 Å². The summed E-state index contributed by atoms with van der Waals surface area (Å²) < 4.78 is 24.1. The van der Waals surface area contributed by atoms with E-state index in [1.54, 1.807) is 14.2 Å². The summed E-state index contributed by atoms with van der Waals surface area (Å²) in [6, 6.07) is 5.87. The molecule has 33 heavy (non-hydrogen) atoms. The summed E-state index contributed by atoms with van der Waals surface area (Å²) >= 11 is 5.67. The molecule has 1 aliphatic heterocycles. The van der Waals surface area contributed by atoms with Crippen LogP contribution in [-0.4, -0.2) is 73.3 Å². The molecule has 1 aliphatic rings. The smallest absolute Gasteiger partial charge is 0.169 e. The number of aromatic nitrogens is 2. The minimum atomic E-state index is 0.431. The molecule has 0 atom stereocenters. The van der Waals surface area contributed by atoms with Gasteiger partial charge in [0.1, 0.15) is 5.82 Å². The van der Waals surface area contributed by atoms with Gasteiger partial charge in [0.2, 0.25) is 0 Å². The lowest BCUT2D eigenvalue weighted by atomic mass is 9.96. The fourth-order valence-corrected chi connectivity index (χ4v) is 4.37. The number of benzene rings is 1. The minimum absolute atomic E-state index is 0.431. The Bertz CT molecular complexity index is 868. The number of hydrogen-bond donors (Lipinski definition) is 1. The van der Waals surface area contributed by atoms with E-state index in [1.807, 2.05) is 37.5 Å². The van der Waals surface area contributed by atoms with Crippen LogP contribution in [0, 0.1) is 0 Å². The van der Waals surface area contributed by atoms with E-state index in [0.717, 1.165) is 67.1 Å². The Kier molecular flexibility index (Phi) is 10.2. The maximum atomic E-state index is 5.67. The number of methoxy groups -OCH3 is 2. The highest BCUT2D eigenvalue weighted by Crippen LogP contribution is 2.31. The molecule has 1 aromatic carbocycles. The Morgan fingerprint density at radius 1 is 1.12 bits per heavy atom. The van der Waals surface area contributed by atoms with Crippen LogP contribution in [0.3, 0.4) is 0 Å². The maximum Gasteiger partial charge on any atom is 0.169 e. The van der Waals surface area contributed by atoms with E-state index in [0.29, 0.717) is 32.3 Å². The first-order chi connectivity index (χ1) is 16.2. The van der Waals surface area contributed by atoms with Gasteiger partial charge in [0, 0.05) is 56.7 Å². The zero-order chi connectivity index (χ0) is 23.5. The quantitative estimate of drug-likeness (QED) is 0.370. The SMILES string of the molecule is CCOCCOCCn1ccnc1C1CCN(C(=S)NCc2cccc(OC)c2OC)CC1. The van der Waals surface area contributed by atoms with Crippen molar-refractivity contribution in [2.75, 3.05) is 53.7 Å². The van der Waals surface area contributed by atoms with E-state index >= 15 is 0 Å². The molecule has 1 saturated heterocycles. The van der Waals surface area contributed by atoms with Crippen molar-refractivity contribution in [3.8, 4) is 11.5 Å². The molecule has 2 heterocycles. The van der Waals surface area contributed by atoms with Gasteiger partial charge in [-0.15, -0.1) is 0 Å². The topological polar surface area (TPSA) is 70.0 Å². The molecule has 0 amide bonds. The molecule has 0 unspecified atom stereocenters. The van der Waals surface area contributed by atoms with Crippen molar-refractivity contribution in [1.29, 1.82) is 0 Å². The highest BCUT2D eigenvalue weighted by molar-refractivity contribution is 7.80. The third kappa shape index (κ3) is 7.06. The van der Waals surface area contributed by atoms with Crippen LogP contribution in [0.2, 0.25) is 0 Å². The van der Waals surface area contributed by atoms with Gasteiger partial charge < -0.3 is 33.7 Å². The van der Waals surface area contributed by atoms with Gasteiger partial charge in [-0.3, -0.25) is 0 Å². The number of nitrogens with zero attached hydrogens (tertiary/aromatic N) is 3. The molecule has 0 aliphatic carbocycles. The molecule has 1 fully saturated rings. The van der Waals surface area contributed by atoms with Gasteiger partial charge in [0.05, 0.1) is 34.0 Å². The van der Waals surface area contributed by atoms with Gasteiger partial charge in [0.25, 0.3) is 0 Å². The molecular weight excluding hydrogens is 440 g/mol. The molecule has 0 bridgehead atoms. The Morgan fingerprint density at radius 2 is 1.91 bits per heavy atom. The first-order valence-electron chi connectivity index (χ1n) is 11.6. The minimum Gasteiger partial charge on any atom is -0.493 e. The third-order valence-electron chi connectivity index (χ3n) is 5.86. The van der Waals surface area contributed by atoms with Gasteiger partial charge in [0.15, 0.2) is 16.6 Å². The van der Waals surface area contributed by atoms with Crippen molar-refractivity contribution in [3.05, 3.63) is 42.0 Å². The van der Waals surface area contributed by atoms with E-state index < -0.39 is 0 Å². The third-order valence-corrected chi connectivity index (χ3v) is 6.26. The second kappa shape index (κ2) is 13.4. The fraction of sp³-hybridized carbons (Fsp3) is 0.583. The number of ether oxygens (including phenoxy) is 4. The molecule has 8 nitrogen and oxygen atoms in total. The van der Waals surface area contributed by atoms with Crippen molar-refractivity contribution >= 4 is 17.3 Å². The number of thiocarbonyl (C=S) groups is 1. The summed E-state index contributed by atoms with van der Waals surface area (Å²) in [5.41, 5.74) is 1.01. The Morgan fingerprint density at radius 3 is 2.64 bits per heavy atom. The van der Waals surface area contributed by atoms with Crippen molar-refractivity contribution in [2.24, 2.45) is 0 Å². The number of hydrogen-bond acceptors (Lipinski definition) is 6. The van der Waals surface area contributed by atoms with E-state index in [9.17, 15) is 0 Å². The van der Waals surface area contributed by atoms with Crippen molar-refractivity contribution in [1.82, 2.24) is 19.8 Å². The summed E-state index contributed by atoms with van der Waals surface area (Å²) in [6.45, 7) is 7.86. The second-order valence-corrected chi connectivity index (χ2v) is 8.25. The van der Waals surface area contributed by atoms with Gasteiger partial charge in [-0.1, -0.05) is 12.1 Å². The molecular formula is C24H36N4O4S. The average Bonchev–Trinajstić information content (AvgIpc) is 3.32. The second-order valence-electron chi connectivity index (χ2n) is 7.86. The lowest BCUT2D eigenvalue weighted by Gasteiger charge is -2.34. The monoisotopic (exact) mass is 476 g/mol. The molecule has 9 heteroatoms. The summed E-state index contributed by atoms with van der Waals surface area (Å²) in [4.78, 5) is 6.88. The van der Waals surface area contributed by atoms with Crippen LogP contribution in [0.25, 0.3) is 0 Å². The molecule has 1 N–H and O–H groups in total. The van der Waals surface area contributed by atoms with E-state index in [-0.39, 0.29) is 0 Å². The lowest BCUT2D eigenvalue weighted by molar-refractivity contribution is 0.0493. The Labute approximate surface area is 202 Å². The number of rotatable bonds is 12. The predicted molar refractivity (Wildman–Crippen MR) is 132 cm³/mol. The maximum absolute atomic E-state index is 5.67. The zero-order valence-corrected chi connectivity index (χ0v) is 20.7. The number of likely N-dealkylation sites (tertiary alicyclic amines) is 1. The highest BCUT2D eigenvalue weighted by Gasteiger charge is 2.25. The Balaban J connectivity index is 1.45. The number of para-hydroxylation sites is 1. The highest BCUT2D eigenvalue weighted by atomic mass is 32.1. The number of nitrogens with one attached hydrogen (secondary N) is 1. The van der Waals surface area contributed by atoms with Crippen LogP contribution in [0.4, 0.5) is 0 Å². The largest absolute Gasteiger partial charge is 0.493 e. The summed E-state index contributed by atoms with van der Waals surface area (Å²) in [6.07, 6.45) is 5.97. The Hall–Kier alpha value is -2.36. The normalized spacial score (nSPS) is 14.3. The summed E-state index contributed by atoms with van der Waals surface area (Å²) in [5.74, 6) is 3.03. The standard InChI is InChI=1S/C24H36N4O4S/c1-4-31-16-17-32-15-14-27-13-10-25-23(27)19-8-11-28(12-9-19)24(33)26-18-20-6-5-7-21(29-2)22(20)30-3/h5-7,10,13,19H,4,8-9,11-12,14-18H2,1-3H3,(H,26,33). The summed E-state index contributed by atoms with van der Waals surface area (Å²) in [7, 11) is 3.30. The molecule has 0 spiro atoms. The first kappa shape index (κ1) is 25.3. The van der Waals surface area contributed by atoms with Crippen LogP contribution in [0.5, 0.6) is 11.5 Å². The fourth-order valence-electron chi connectivity index (χ4n) is 4.11. The van der Waals surface area contributed by atoms with Crippen molar-refractivity contribution in [2.45, 2.75) is 38.8 Å². The average molecular weight is 477 g/mol. The molecule has 1 aromatic heterocycles. The molecule has 0 saturated carbocycles. The first-order valence-corrected chi connectivity index (χ1v) is 12.0. The molecule has 3 rings (SSSR count). The molecule has 2 aromatic rings. The van der Waals surface area contributed by atoms with E-state index in [1.165, 1.54) is 0 Å². The van der Waals surface area contributed by atoms with Crippen LogP contribution < -0.4 is 14.8 Å².